The molecule has 17 heavy (non-hydrogen) atoms. The molecular weight excluding hydrogens is 210 g/mol. The summed E-state index contributed by atoms with van der Waals surface area (Å²) in [7, 11) is 0. The lowest BCUT2D eigenvalue weighted by molar-refractivity contribution is 0.148. The van der Waals surface area contributed by atoms with E-state index in [4.69, 9.17) is 11.3 Å². The van der Waals surface area contributed by atoms with Crippen molar-refractivity contribution in [3.8, 4) is 0 Å². The SMILES string of the molecule is [C-]#[N+]/C(=C/COCc1ccccc1)CCCC. The summed E-state index contributed by atoms with van der Waals surface area (Å²) in [5.41, 5.74) is 1.98. The van der Waals surface area contributed by atoms with Crippen molar-refractivity contribution >= 4 is 0 Å². The van der Waals surface area contributed by atoms with Gasteiger partial charge < -0.3 is 4.74 Å². The summed E-state index contributed by atoms with van der Waals surface area (Å²) < 4.78 is 5.51. The number of rotatable bonds is 7. The van der Waals surface area contributed by atoms with Gasteiger partial charge in [0, 0.05) is 0 Å². The summed E-state index contributed by atoms with van der Waals surface area (Å²) >= 11 is 0. The van der Waals surface area contributed by atoms with Crippen LogP contribution in [-0.4, -0.2) is 6.61 Å². The molecule has 0 spiro atoms. The van der Waals surface area contributed by atoms with E-state index in [1.807, 2.05) is 36.4 Å². The minimum absolute atomic E-state index is 0.524. The van der Waals surface area contributed by atoms with Crippen molar-refractivity contribution in [3.05, 3.63) is 59.1 Å². The molecule has 1 aromatic carbocycles. The quantitative estimate of drug-likeness (QED) is 0.504. The summed E-state index contributed by atoms with van der Waals surface area (Å²) in [6.07, 6.45) is 4.96. The predicted octanol–water partition coefficient (Wildman–Crippen LogP) is 4.20. The fourth-order valence-electron chi connectivity index (χ4n) is 1.47. The van der Waals surface area contributed by atoms with Crippen LogP contribution < -0.4 is 0 Å². The Morgan fingerprint density at radius 1 is 1.35 bits per heavy atom. The maximum Gasteiger partial charge on any atom is 0.163 e. The number of nitrogens with zero attached hydrogens (tertiary/aromatic N) is 1. The van der Waals surface area contributed by atoms with E-state index in [2.05, 4.69) is 11.8 Å². The Morgan fingerprint density at radius 2 is 2.12 bits per heavy atom. The summed E-state index contributed by atoms with van der Waals surface area (Å²) in [5, 5.41) is 0. The van der Waals surface area contributed by atoms with Gasteiger partial charge in [-0.2, -0.15) is 0 Å². The first-order chi connectivity index (χ1) is 8.36. The van der Waals surface area contributed by atoms with Gasteiger partial charge >= 0.3 is 0 Å². The molecule has 0 N–H and O–H groups in total. The van der Waals surface area contributed by atoms with Crippen molar-refractivity contribution in [2.24, 2.45) is 0 Å². The van der Waals surface area contributed by atoms with Crippen molar-refractivity contribution in [1.82, 2.24) is 0 Å². The van der Waals surface area contributed by atoms with Gasteiger partial charge in [-0.1, -0.05) is 56.2 Å². The molecule has 2 heteroatoms. The number of benzene rings is 1. The van der Waals surface area contributed by atoms with Gasteiger partial charge in [0.1, 0.15) is 0 Å². The van der Waals surface area contributed by atoms with Gasteiger partial charge in [0.05, 0.1) is 19.8 Å². The van der Waals surface area contributed by atoms with Gasteiger partial charge in [0.25, 0.3) is 0 Å². The van der Waals surface area contributed by atoms with Crippen LogP contribution in [0, 0.1) is 6.57 Å². The highest BCUT2D eigenvalue weighted by Crippen LogP contribution is 2.08. The second kappa shape index (κ2) is 8.55. The van der Waals surface area contributed by atoms with Crippen LogP contribution in [0.25, 0.3) is 4.85 Å². The topological polar surface area (TPSA) is 13.6 Å². The highest BCUT2D eigenvalue weighted by atomic mass is 16.5. The van der Waals surface area contributed by atoms with E-state index in [-0.39, 0.29) is 0 Å². The lowest BCUT2D eigenvalue weighted by Crippen LogP contribution is -1.93. The lowest BCUT2D eigenvalue weighted by atomic mass is 10.2. The molecule has 0 aliphatic carbocycles. The van der Waals surface area contributed by atoms with Crippen LogP contribution in [-0.2, 0) is 11.3 Å². The number of hydrogen-bond donors (Lipinski definition) is 0. The van der Waals surface area contributed by atoms with E-state index < -0.39 is 0 Å². The zero-order valence-corrected chi connectivity index (χ0v) is 10.4. The smallest absolute Gasteiger partial charge is 0.163 e. The molecule has 0 radical (unpaired) electrons. The second-order valence-electron chi connectivity index (χ2n) is 3.91. The highest BCUT2D eigenvalue weighted by molar-refractivity contribution is 5.14. The maximum atomic E-state index is 7.04. The van der Waals surface area contributed by atoms with E-state index in [9.17, 15) is 0 Å². The Kier molecular flexibility index (Phi) is 6.78. The van der Waals surface area contributed by atoms with E-state index >= 15 is 0 Å². The van der Waals surface area contributed by atoms with Crippen molar-refractivity contribution in [2.45, 2.75) is 32.8 Å². The minimum Gasteiger partial charge on any atom is -0.374 e. The van der Waals surface area contributed by atoms with Crippen LogP contribution in [0.4, 0.5) is 0 Å². The third-order valence-electron chi connectivity index (χ3n) is 2.48. The van der Waals surface area contributed by atoms with Gasteiger partial charge in [0.15, 0.2) is 5.70 Å². The van der Waals surface area contributed by atoms with Crippen LogP contribution in [0.3, 0.4) is 0 Å². The predicted molar refractivity (Wildman–Crippen MR) is 70.3 cm³/mol. The van der Waals surface area contributed by atoms with Gasteiger partial charge in [0.2, 0.25) is 0 Å². The van der Waals surface area contributed by atoms with Crippen LogP contribution in [0.1, 0.15) is 31.7 Å². The van der Waals surface area contributed by atoms with Crippen LogP contribution >= 0.6 is 0 Å². The lowest BCUT2D eigenvalue weighted by Gasteiger charge is -2.02. The molecule has 0 bridgehead atoms. The Hall–Kier alpha value is -1.59. The number of hydrogen-bond acceptors (Lipinski definition) is 1. The number of ether oxygens (including phenoxy) is 1. The zero-order chi connectivity index (χ0) is 12.3. The zero-order valence-electron chi connectivity index (χ0n) is 10.4. The highest BCUT2D eigenvalue weighted by Gasteiger charge is 1.95. The molecule has 0 amide bonds. The molecule has 2 nitrogen and oxygen atoms in total. The maximum absolute atomic E-state index is 7.04. The Bertz CT molecular complexity index is 376. The third-order valence-corrected chi connectivity index (χ3v) is 2.48. The average Bonchev–Trinajstić information content (AvgIpc) is 2.39. The molecule has 0 saturated heterocycles. The van der Waals surface area contributed by atoms with E-state index in [0.717, 1.165) is 25.0 Å². The molecule has 0 aliphatic heterocycles. The first-order valence-corrected chi connectivity index (χ1v) is 6.05. The second-order valence-corrected chi connectivity index (χ2v) is 3.91. The first-order valence-electron chi connectivity index (χ1n) is 6.05. The molecule has 0 aliphatic rings. The third kappa shape index (κ3) is 5.89. The molecule has 90 valence electrons. The van der Waals surface area contributed by atoms with Crippen molar-refractivity contribution < 1.29 is 4.74 Å². The molecule has 0 atom stereocenters. The molecule has 0 unspecified atom stereocenters. The molecule has 1 aromatic rings. The van der Waals surface area contributed by atoms with Crippen molar-refractivity contribution in [3.63, 3.8) is 0 Å². The van der Waals surface area contributed by atoms with Gasteiger partial charge in [-0.15, -0.1) is 0 Å². The Morgan fingerprint density at radius 3 is 2.76 bits per heavy atom. The van der Waals surface area contributed by atoms with E-state index in [1.165, 1.54) is 5.56 Å². The monoisotopic (exact) mass is 229 g/mol. The Balaban J connectivity index is 2.26. The summed E-state index contributed by atoms with van der Waals surface area (Å²) in [6, 6.07) is 10.1. The van der Waals surface area contributed by atoms with E-state index in [0.29, 0.717) is 13.2 Å². The van der Waals surface area contributed by atoms with Gasteiger partial charge in [-0.25, -0.2) is 4.85 Å². The summed E-state index contributed by atoms with van der Waals surface area (Å²) in [6.45, 7) is 10.3. The fourth-order valence-corrected chi connectivity index (χ4v) is 1.47. The molecule has 0 fully saturated rings. The largest absolute Gasteiger partial charge is 0.374 e. The molecule has 0 saturated carbocycles. The average molecular weight is 229 g/mol. The summed E-state index contributed by atoms with van der Waals surface area (Å²) in [5.74, 6) is 0. The van der Waals surface area contributed by atoms with Crippen LogP contribution in [0.15, 0.2) is 42.1 Å². The summed E-state index contributed by atoms with van der Waals surface area (Å²) in [4.78, 5) is 3.50. The van der Waals surface area contributed by atoms with E-state index in [1.54, 1.807) is 0 Å². The molecular formula is C15H19NO. The first kappa shape index (κ1) is 13.5. The molecule has 0 aromatic heterocycles. The van der Waals surface area contributed by atoms with Gasteiger partial charge in [-0.05, 0) is 12.0 Å². The van der Waals surface area contributed by atoms with Crippen molar-refractivity contribution in [1.29, 1.82) is 0 Å². The number of unbranched alkanes of at least 4 members (excludes halogenated alkanes) is 1. The Labute approximate surface area is 104 Å². The normalized spacial score (nSPS) is 11.2. The van der Waals surface area contributed by atoms with Crippen molar-refractivity contribution in [2.75, 3.05) is 6.61 Å². The fraction of sp³-hybridized carbons (Fsp3) is 0.400. The molecule has 1 rings (SSSR count). The standard InChI is InChI=1S/C15H19NO/c1-3-4-10-15(16-2)11-12-17-13-14-8-6-5-7-9-14/h5-9,11H,3-4,10,12-13H2,1H3/b15-11+. The van der Waals surface area contributed by atoms with Crippen LogP contribution in [0.5, 0.6) is 0 Å². The molecule has 0 heterocycles. The number of allylic oxidation sites excluding steroid dienone is 1. The van der Waals surface area contributed by atoms with Gasteiger partial charge in [-0.3, -0.25) is 0 Å². The van der Waals surface area contributed by atoms with Crippen LogP contribution in [0.2, 0.25) is 0 Å². The minimum atomic E-state index is 0.524.